The summed E-state index contributed by atoms with van der Waals surface area (Å²) in [7, 11) is 0. The highest BCUT2D eigenvalue weighted by Gasteiger charge is 2.23. The van der Waals surface area contributed by atoms with E-state index in [0.29, 0.717) is 17.4 Å². The van der Waals surface area contributed by atoms with Crippen molar-refractivity contribution in [1.82, 2.24) is 14.9 Å². The van der Waals surface area contributed by atoms with Crippen LogP contribution in [0.25, 0.3) is 0 Å². The largest absolute Gasteiger partial charge is 0.369 e. The molecule has 0 spiro atoms. The van der Waals surface area contributed by atoms with Crippen LogP contribution in [-0.2, 0) is 0 Å². The number of anilines is 1. The fraction of sp³-hybridized carbons (Fsp3) is 0.688. The standard InChI is InChI=1S/C16H26N4O/c1-4-17-15-11-18-14(10-19-15)16(21)20-8-5-6-13(7-9-20)12(2)3/h10-13H,4-9H2,1-3H3,(H,17,19). The normalized spacial score (nSPS) is 19.4. The van der Waals surface area contributed by atoms with Gasteiger partial charge >= 0.3 is 0 Å². The quantitative estimate of drug-likeness (QED) is 0.926. The van der Waals surface area contributed by atoms with Gasteiger partial charge in [0.15, 0.2) is 0 Å². The first-order valence-corrected chi connectivity index (χ1v) is 7.97. The second-order valence-electron chi connectivity index (χ2n) is 6.04. The molecule has 1 aliphatic heterocycles. The molecule has 2 rings (SSSR count). The molecule has 1 aromatic heterocycles. The van der Waals surface area contributed by atoms with Gasteiger partial charge in [-0.1, -0.05) is 13.8 Å². The number of nitrogens with one attached hydrogen (secondary N) is 1. The number of hydrogen-bond donors (Lipinski definition) is 1. The van der Waals surface area contributed by atoms with Crippen LogP contribution in [0.2, 0.25) is 0 Å². The van der Waals surface area contributed by atoms with Crippen molar-refractivity contribution in [1.29, 1.82) is 0 Å². The van der Waals surface area contributed by atoms with E-state index in [9.17, 15) is 4.79 Å². The van der Waals surface area contributed by atoms with Crippen LogP contribution in [0.3, 0.4) is 0 Å². The van der Waals surface area contributed by atoms with Crippen LogP contribution in [-0.4, -0.2) is 40.4 Å². The zero-order valence-corrected chi connectivity index (χ0v) is 13.3. The molecule has 0 aromatic carbocycles. The van der Waals surface area contributed by atoms with Gasteiger partial charge in [-0.25, -0.2) is 9.97 Å². The van der Waals surface area contributed by atoms with E-state index < -0.39 is 0 Å². The minimum atomic E-state index is 0.00922. The van der Waals surface area contributed by atoms with Crippen LogP contribution in [0.1, 0.15) is 50.5 Å². The molecule has 5 heteroatoms. The van der Waals surface area contributed by atoms with Gasteiger partial charge in [0.05, 0.1) is 12.4 Å². The summed E-state index contributed by atoms with van der Waals surface area (Å²) < 4.78 is 0. The zero-order valence-electron chi connectivity index (χ0n) is 13.3. The predicted molar refractivity (Wildman–Crippen MR) is 84.3 cm³/mol. The van der Waals surface area contributed by atoms with Gasteiger partial charge in [-0.05, 0) is 38.0 Å². The van der Waals surface area contributed by atoms with E-state index in [1.165, 1.54) is 6.42 Å². The molecule has 0 aliphatic carbocycles. The first kappa shape index (κ1) is 15.7. The highest BCUT2D eigenvalue weighted by atomic mass is 16.2. The molecule has 116 valence electrons. The molecule has 0 bridgehead atoms. The highest BCUT2D eigenvalue weighted by molar-refractivity contribution is 5.92. The predicted octanol–water partition coefficient (Wildman–Crippen LogP) is 2.81. The first-order valence-electron chi connectivity index (χ1n) is 7.97. The Labute approximate surface area is 127 Å². The smallest absolute Gasteiger partial charge is 0.274 e. The van der Waals surface area contributed by atoms with Gasteiger partial charge < -0.3 is 10.2 Å². The van der Waals surface area contributed by atoms with Crippen molar-refractivity contribution in [3.05, 3.63) is 18.1 Å². The number of carbonyl (C=O) groups excluding carboxylic acids is 1. The SMILES string of the molecule is CCNc1cnc(C(=O)N2CCCC(C(C)C)CC2)cn1. The summed E-state index contributed by atoms with van der Waals surface area (Å²) >= 11 is 0. The van der Waals surface area contributed by atoms with E-state index in [-0.39, 0.29) is 5.91 Å². The number of likely N-dealkylation sites (tertiary alicyclic amines) is 1. The molecule has 21 heavy (non-hydrogen) atoms. The maximum atomic E-state index is 12.5. The topological polar surface area (TPSA) is 58.1 Å². The summed E-state index contributed by atoms with van der Waals surface area (Å²) in [5.74, 6) is 2.14. The van der Waals surface area contributed by atoms with E-state index >= 15 is 0 Å². The Balaban J connectivity index is 1.99. The van der Waals surface area contributed by atoms with Gasteiger partial charge in [0, 0.05) is 19.6 Å². The summed E-state index contributed by atoms with van der Waals surface area (Å²) in [5, 5.41) is 3.08. The number of rotatable bonds is 4. The van der Waals surface area contributed by atoms with Gasteiger partial charge in [-0.2, -0.15) is 0 Å². The first-order chi connectivity index (χ1) is 10.1. The van der Waals surface area contributed by atoms with Crippen LogP contribution >= 0.6 is 0 Å². The Bertz CT molecular complexity index is 458. The van der Waals surface area contributed by atoms with E-state index in [2.05, 4.69) is 29.1 Å². The minimum Gasteiger partial charge on any atom is -0.369 e. The number of amides is 1. The Kier molecular flexibility index (Phi) is 5.53. The lowest BCUT2D eigenvalue weighted by atomic mass is 9.89. The molecule has 1 unspecified atom stereocenters. The van der Waals surface area contributed by atoms with Gasteiger partial charge in [0.25, 0.3) is 5.91 Å². The average Bonchev–Trinajstić information content (AvgIpc) is 2.73. The molecule has 1 aromatic rings. The summed E-state index contributed by atoms with van der Waals surface area (Å²) in [6.07, 6.45) is 6.59. The summed E-state index contributed by atoms with van der Waals surface area (Å²) in [6.45, 7) is 9.00. The van der Waals surface area contributed by atoms with Crippen LogP contribution in [0.5, 0.6) is 0 Å². The number of nitrogens with zero attached hydrogens (tertiary/aromatic N) is 3. The van der Waals surface area contributed by atoms with E-state index in [4.69, 9.17) is 0 Å². The van der Waals surface area contributed by atoms with E-state index in [1.807, 2.05) is 11.8 Å². The molecule has 0 saturated carbocycles. The van der Waals surface area contributed by atoms with E-state index in [0.717, 1.165) is 38.4 Å². The highest BCUT2D eigenvalue weighted by Crippen LogP contribution is 2.25. The molecular weight excluding hydrogens is 264 g/mol. The minimum absolute atomic E-state index is 0.00922. The van der Waals surface area contributed by atoms with Crippen LogP contribution < -0.4 is 5.32 Å². The van der Waals surface area contributed by atoms with Crippen molar-refractivity contribution in [2.24, 2.45) is 11.8 Å². The van der Waals surface area contributed by atoms with Crippen molar-refractivity contribution in [2.75, 3.05) is 25.0 Å². The molecule has 2 heterocycles. The maximum absolute atomic E-state index is 12.5. The monoisotopic (exact) mass is 290 g/mol. The lowest BCUT2D eigenvalue weighted by Crippen LogP contribution is -2.32. The molecular formula is C16H26N4O. The zero-order chi connectivity index (χ0) is 15.2. The Morgan fingerprint density at radius 2 is 2.14 bits per heavy atom. The number of carbonyl (C=O) groups is 1. The van der Waals surface area contributed by atoms with Crippen molar-refractivity contribution in [2.45, 2.75) is 40.0 Å². The molecule has 5 nitrogen and oxygen atoms in total. The molecule has 1 N–H and O–H groups in total. The number of aromatic nitrogens is 2. The second-order valence-corrected chi connectivity index (χ2v) is 6.04. The van der Waals surface area contributed by atoms with Crippen molar-refractivity contribution in [3.8, 4) is 0 Å². The van der Waals surface area contributed by atoms with Gasteiger partial charge in [-0.3, -0.25) is 4.79 Å². The molecule has 1 aliphatic rings. The fourth-order valence-electron chi connectivity index (χ4n) is 2.86. The van der Waals surface area contributed by atoms with Crippen molar-refractivity contribution < 1.29 is 4.79 Å². The molecule has 1 saturated heterocycles. The molecule has 1 amide bonds. The van der Waals surface area contributed by atoms with Gasteiger partial charge in [0.2, 0.25) is 0 Å². The third-order valence-electron chi connectivity index (χ3n) is 4.23. The van der Waals surface area contributed by atoms with Gasteiger partial charge in [-0.15, -0.1) is 0 Å². The average molecular weight is 290 g/mol. The van der Waals surface area contributed by atoms with Crippen LogP contribution in [0, 0.1) is 11.8 Å². The summed E-state index contributed by atoms with van der Waals surface area (Å²) in [4.78, 5) is 22.9. The molecule has 0 radical (unpaired) electrons. The van der Waals surface area contributed by atoms with Crippen LogP contribution in [0.15, 0.2) is 12.4 Å². The van der Waals surface area contributed by atoms with Crippen molar-refractivity contribution >= 4 is 11.7 Å². The van der Waals surface area contributed by atoms with Crippen LogP contribution in [0.4, 0.5) is 5.82 Å². The summed E-state index contributed by atoms with van der Waals surface area (Å²) in [5.41, 5.74) is 0.444. The van der Waals surface area contributed by atoms with E-state index in [1.54, 1.807) is 12.4 Å². The Hall–Kier alpha value is -1.65. The Morgan fingerprint density at radius 1 is 1.33 bits per heavy atom. The lowest BCUT2D eigenvalue weighted by Gasteiger charge is -2.21. The molecule has 1 fully saturated rings. The third-order valence-corrected chi connectivity index (χ3v) is 4.23. The third kappa shape index (κ3) is 4.16. The lowest BCUT2D eigenvalue weighted by molar-refractivity contribution is 0.0752. The number of hydrogen-bond acceptors (Lipinski definition) is 4. The molecule has 1 atom stereocenters. The van der Waals surface area contributed by atoms with Gasteiger partial charge in [0.1, 0.15) is 11.5 Å². The fourth-order valence-corrected chi connectivity index (χ4v) is 2.86. The maximum Gasteiger partial charge on any atom is 0.274 e. The Morgan fingerprint density at radius 3 is 2.76 bits per heavy atom. The summed E-state index contributed by atoms with van der Waals surface area (Å²) in [6, 6.07) is 0. The second kappa shape index (κ2) is 7.38. The van der Waals surface area contributed by atoms with Crippen molar-refractivity contribution in [3.63, 3.8) is 0 Å².